The summed E-state index contributed by atoms with van der Waals surface area (Å²) in [5.74, 6) is -2.72. The van der Waals surface area contributed by atoms with Crippen LogP contribution >= 0.6 is 15.9 Å². The summed E-state index contributed by atoms with van der Waals surface area (Å²) in [6.45, 7) is 2.59. The van der Waals surface area contributed by atoms with Gasteiger partial charge in [-0.15, -0.1) is 0 Å². The van der Waals surface area contributed by atoms with Gasteiger partial charge in [-0.25, -0.2) is 14.4 Å². The number of hydrogen-bond acceptors (Lipinski definition) is 5. The number of rotatable bonds is 7. The Kier molecular flexibility index (Phi) is 11.4. The van der Waals surface area contributed by atoms with E-state index in [-0.39, 0.29) is 5.91 Å². The van der Waals surface area contributed by atoms with E-state index in [9.17, 15) is 19.2 Å². The van der Waals surface area contributed by atoms with Crippen LogP contribution in [0.5, 0.6) is 0 Å². The number of aliphatic carboxylic acids is 2. The Bertz CT molecular complexity index is 369. The molecule has 0 fully saturated rings. The molecule has 0 heterocycles. The number of ether oxygens (including phenoxy) is 1. The van der Waals surface area contributed by atoms with Gasteiger partial charge in [-0.3, -0.25) is 10.1 Å². The summed E-state index contributed by atoms with van der Waals surface area (Å²) < 4.78 is 3.49. The van der Waals surface area contributed by atoms with Crippen LogP contribution < -0.4 is 11.1 Å². The predicted octanol–water partition coefficient (Wildman–Crippen LogP) is 0.307. The molecule has 9 nitrogen and oxygen atoms in total. The highest BCUT2D eigenvalue weighted by Crippen LogP contribution is 2.26. The van der Waals surface area contributed by atoms with Crippen LogP contribution in [-0.4, -0.2) is 51.6 Å². The molecule has 0 unspecified atom stereocenters. The first-order valence-corrected chi connectivity index (χ1v) is 6.69. The summed E-state index contributed by atoms with van der Waals surface area (Å²) in [7, 11) is 0. The van der Waals surface area contributed by atoms with Crippen LogP contribution in [0.15, 0.2) is 0 Å². The first kappa shape index (κ1) is 21.6. The number of nitrogens with two attached hydrogens (primary N) is 1. The van der Waals surface area contributed by atoms with E-state index in [0.29, 0.717) is 12.8 Å². The highest BCUT2D eigenvalue weighted by molar-refractivity contribution is 9.10. The summed E-state index contributed by atoms with van der Waals surface area (Å²) >= 11 is 3.26. The maximum Gasteiger partial charge on any atom is 0.329 e. The Hall–Kier alpha value is -1.68. The number of carbonyl (C=O) groups excluding carboxylic acids is 2. The van der Waals surface area contributed by atoms with Crippen molar-refractivity contribution >= 4 is 39.8 Å². The lowest BCUT2D eigenvalue weighted by atomic mass is 10.0. The van der Waals surface area contributed by atoms with Gasteiger partial charge in [0.15, 0.2) is 0 Å². The van der Waals surface area contributed by atoms with Gasteiger partial charge in [-0.05, 0) is 12.8 Å². The smallest absolute Gasteiger partial charge is 0.329 e. The van der Waals surface area contributed by atoms with Crippen molar-refractivity contribution in [3.05, 3.63) is 0 Å². The van der Waals surface area contributed by atoms with Gasteiger partial charge >= 0.3 is 18.0 Å². The molecular weight excluding hydrogens is 352 g/mol. The first-order chi connectivity index (χ1) is 9.58. The second-order valence-corrected chi connectivity index (χ2v) is 5.29. The van der Waals surface area contributed by atoms with Crippen LogP contribution in [0, 0.1) is 0 Å². The van der Waals surface area contributed by atoms with Gasteiger partial charge in [-0.2, -0.15) is 0 Å². The van der Waals surface area contributed by atoms with E-state index < -0.39 is 35.5 Å². The molecule has 0 atom stereocenters. The fraction of sp³-hybridized carbons (Fsp3) is 0.636. The lowest BCUT2D eigenvalue weighted by Crippen LogP contribution is -2.46. The van der Waals surface area contributed by atoms with Crippen molar-refractivity contribution in [2.24, 2.45) is 5.73 Å². The topological polar surface area (TPSA) is 156 Å². The zero-order valence-electron chi connectivity index (χ0n) is 11.7. The van der Waals surface area contributed by atoms with Crippen molar-refractivity contribution < 1.29 is 34.1 Å². The van der Waals surface area contributed by atoms with E-state index >= 15 is 0 Å². The van der Waals surface area contributed by atoms with E-state index in [0.717, 1.165) is 0 Å². The van der Waals surface area contributed by atoms with Crippen LogP contribution in [0.1, 0.15) is 26.7 Å². The largest absolute Gasteiger partial charge is 0.480 e. The molecule has 0 aromatic carbocycles. The van der Waals surface area contributed by atoms with Crippen molar-refractivity contribution in [1.29, 1.82) is 0 Å². The summed E-state index contributed by atoms with van der Waals surface area (Å²) in [5.41, 5.74) is 4.81. The molecule has 5 N–H and O–H groups in total. The van der Waals surface area contributed by atoms with Gasteiger partial charge in [0.25, 0.3) is 0 Å². The van der Waals surface area contributed by atoms with Crippen molar-refractivity contribution in [2.45, 2.75) is 31.0 Å². The molecular formula is C11H19BrN2O7. The van der Waals surface area contributed by atoms with Gasteiger partial charge in [0, 0.05) is 0 Å². The molecule has 0 aliphatic carbocycles. The van der Waals surface area contributed by atoms with Crippen molar-refractivity contribution in [3.63, 3.8) is 0 Å². The fourth-order valence-electron chi connectivity index (χ4n) is 1.02. The molecule has 0 radical (unpaired) electrons. The standard InChI is InChI=1S/C7H13BrN2O2.C4H6O5/c1-3-7(8,4-2)5(11)10-6(9)12;5-3(6)1-9-2-4(7)8/h3-4H2,1-2H3,(H3,9,10,11,12);1-2H2,(H,5,6)(H,7,8). The first-order valence-electron chi connectivity index (χ1n) is 5.90. The van der Waals surface area contributed by atoms with Gasteiger partial charge < -0.3 is 20.7 Å². The second kappa shape index (κ2) is 11.0. The summed E-state index contributed by atoms with van der Waals surface area (Å²) in [4.78, 5) is 41.0. The van der Waals surface area contributed by atoms with E-state index in [1.165, 1.54) is 0 Å². The summed E-state index contributed by atoms with van der Waals surface area (Å²) in [6.07, 6.45) is 1.23. The number of halogens is 1. The monoisotopic (exact) mass is 370 g/mol. The highest BCUT2D eigenvalue weighted by atomic mass is 79.9. The second-order valence-electron chi connectivity index (χ2n) is 3.77. The Labute approximate surface area is 129 Å². The maximum atomic E-state index is 11.3. The number of nitrogens with one attached hydrogen (secondary N) is 1. The van der Waals surface area contributed by atoms with Crippen molar-refractivity contribution in [2.75, 3.05) is 13.2 Å². The number of carboxylic acid groups (broad SMARTS) is 2. The molecule has 0 aliphatic heterocycles. The maximum absolute atomic E-state index is 11.3. The van der Waals surface area contributed by atoms with Crippen molar-refractivity contribution in [3.8, 4) is 0 Å². The Morgan fingerprint density at radius 2 is 1.48 bits per heavy atom. The predicted molar refractivity (Wildman–Crippen MR) is 76.1 cm³/mol. The average molecular weight is 371 g/mol. The fourth-order valence-corrected chi connectivity index (χ4v) is 1.12. The lowest BCUT2D eigenvalue weighted by molar-refractivity contribution is -0.148. The Morgan fingerprint density at radius 1 is 1.10 bits per heavy atom. The van der Waals surface area contributed by atoms with E-state index in [1.54, 1.807) is 0 Å². The average Bonchev–Trinajstić information content (AvgIpc) is 2.36. The Balaban J connectivity index is 0. The van der Waals surface area contributed by atoms with Crippen LogP contribution in [0.4, 0.5) is 4.79 Å². The molecule has 122 valence electrons. The van der Waals surface area contributed by atoms with Gasteiger partial charge in [-0.1, -0.05) is 29.8 Å². The molecule has 0 rings (SSSR count). The van der Waals surface area contributed by atoms with Crippen LogP contribution in [0.3, 0.4) is 0 Å². The molecule has 3 amide bonds. The number of carboxylic acids is 2. The van der Waals surface area contributed by atoms with E-state index in [4.69, 9.17) is 15.9 Å². The minimum atomic E-state index is -1.17. The summed E-state index contributed by atoms with van der Waals surface area (Å²) in [5, 5.41) is 17.9. The minimum absolute atomic E-state index is 0.375. The lowest BCUT2D eigenvalue weighted by Gasteiger charge is -2.21. The third-order valence-corrected chi connectivity index (χ3v) is 3.70. The molecule has 10 heteroatoms. The normalized spacial score (nSPS) is 10.0. The Morgan fingerprint density at radius 3 is 1.71 bits per heavy atom. The number of carbonyl (C=O) groups is 4. The molecule has 0 saturated heterocycles. The molecule has 0 spiro atoms. The SMILES string of the molecule is CCC(Br)(CC)C(=O)NC(N)=O.O=C(O)COCC(=O)O. The number of alkyl halides is 1. The number of urea groups is 1. The highest BCUT2D eigenvalue weighted by Gasteiger charge is 2.32. The van der Waals surface area contributed by atoms with E-state index in [2.05, 4.69) is 20.7 Å². The van der Waals surface area contributed by atoms with Gasteiger partial charge in [0.1, 0.15) is 17.5 Å². The number of imide groups is 1. The number of primary amides is 1. The van der Waals surface area contributed by atoms with Crippen LogP contribution in [-0.2, 0) is 19.1 Å². The third-order valence-electron chi connectivity index (χ3n) is 2.22. The van der Waals surface area contributed by atoms with E-state index in [1.807, 2.05) is 19.2 Å². The zero-order chi connectivity index (χ0) is 17.1. The molecule has 0 aromatic heterocycles. The molecule has 0 bridgehead atoms. The third kappa shape index (κ3) is 11.8. The van der Waals surface area contributed by atoms with Gasteiger partial charge in [0.2, 0.25) is 5.91 Å². The van der Waals surface area contributed by atoms with Crippen LogP contribution in [0.25, 0.3) is 0 Å². The molecule has 21 heavy (non-hydrogen) atoms. The quantitative estimate of drug-likeness (QED) is 0.469. The molecule has 0 aromatic rings. The van der Waals surface area contributed by atoms with Crippen LogP contribution in [0.2, 0.25) is 0 Å². The minimum Gasteiger partial charge on any atom is -0.480 e. The van der Waals surface area contributed by atoms with Gasteiger partial charge in [0.05, 0.1) is 0 Å². The molecule has 0 saturated carbocycles. The number of hydrogen-bond donors (Lipinski definition) is 4. The van der Waals surface area contributed by atoms with Crippen molar-refractivity contribution in [1.82, 2.24) is 5.32 Å². The number of amides is 3. The summed E-state index contributed by atoms with van der Waals surface area (Å²) in [6, 6.07) is -0.814. The zero-order valence-corrected chi connectivity index (χ0v) is 13.3. The molecule has 0 aliphatic rings.